The Bertz CT molecular complexity index is 536. The van der Waals surface area contributed by atoms with E-state index in [-0.39, 0.29) is 17.4 Å². The van der Waals surface area contributed by atoms with Crippen molar-refractivity contribution in [3.05, 3.63) is 18.2 Å². The van der Waals surface area contributed by atoms with Crippen molar-refractivity contribution < 1.29 is 14.3 Å². The SMILES string of the molecule is CC(C)Oc1cccc2c1NC(=O)C1(CCOCC1)CN2. The van der Waals surface area contributed by atoms with Crippen LogP contribution in [0.25, 0.3) is 0 Å². The number of para-hydroxylation sites is 1. The van der Waals surface area contributed by atoms with Gasteiger partial charge in [0.1, 0.15) is 11.4 Å². The van der Waals surface area contributed by atoms with Crippen molar-refractivity contribution in [2.75, 3.05) is 30.4 Å². The normalized spacial score (nSPS) is 20.4. The van der Waals surface area contributed by atoms with E-state index in [4.69, 9.17) is 9.47 Å². The van der Waals surface area contributed by atoms with Gasteiger partial charge in [0.15, 0.2) is 0 Å². The van der Waals surface area contributed by atoms with E-state index < -0.39 is 0 Å². The number of ether oxygens (including phenoxy) is 2. The van der Waals surface area contributed by atoms with Crippen LogP contribution in [-0.4, -0.2) is 31.8 Å². The van der Waals surface area contributed by atoms with Crippen molar-refractivity contribution in [1.29, 1.82) is 0 Å². The standard InChI is InChI=1S/C16H22N2O3/c1-11(2)21-13-5-3-4-12-14(13)18-15(19)16(10-17-12)6-8-20-9-7-16/h3-5,11,17H,6-10H2,1-2H3,(H,18,19). The molecule has 0 unspecified atom stereocenters. The first-order valence-corrected chi connectivity index (χ1v) is 7.53. The smallest absolute Gasteiger partial charge is 0.232 e. The number of anilines is 2. The molecule has 5 nitrogen and oxygen atoms in total. The number of nitrogens with one attached hydrogen (secondary N) is 2. The van der Waals surface area contributed by atoms with Crippen molar-refractivity contribution in [1.82, 2.24) is 0 Å². The number of amides is 1. The molecule has 1 saturated heterocycles. The largest absolute Gasteiger partial charge is 0.489 e. The van der Waals surface area contributed by atoms with Crippen LogP contribution in [0.5, 0.6) is 5.75 Å². The Hall–Kier alpha value is -1.75. The van der Waals surface area contributed by atoms with Crippen LogP contribution in [0.4, 0.5) is 11.4 Å². The van der Waals surface area contributed by atoms with Gasteiger partial charge in [0.25, 0.3) is 0 Å². The number of carbonyl (C=O) groups is 1. The van der Waals surface area contributed by atoms with Gasteiger partial charge < -0.3 is 20.1 Å². The van der Waals surface area contributed by atoms with E-state index in [2.05, 4.69) is 10.6 Å². The average molecular weight is 290 g/mol. The second kappa shape index (κ2) is 5.56. The third-order valence-electron chi connectivity index (χ3n) is 4.18. The van der Waals surface area contributed by atoms with Crippen LogP contribution in [0.2, 0.25) is 0 Å². The molecule has 2 heterocycles. The van der Waals surface area contributed by atoms with Crippen LogP contribution in [0.3, 0.4) is 0 Å². The lowest BCUT2D eigenvalue weighted by molar-refractivity contribution is -0.129. The highest BCUT2D eigenvalue weighted by atomic mass is 16.5. The summed E-state index contributed by atoms with van der Waals surface area (Å²) in [6, 6.07) is 5.81. The lowest BCUT2D eigenvalue weighted by Crippen LogP contribution is -2.44. The molecule has 0 bridgehead atoms. The highest BCUT2D eigenvalue weighted by Crippen LogP contribution is 2.41. The van der Waals surface area contributed by atoms with Crippen LogP contribution in [0.15, 0.2) is 18.2 Å². The number of fused-ring (bicyclic) bond motifs is 1. The molecule has 5 heteroatoms. The maximum atomic E-state index is 12.7. The quantitative estimate of drug-likeness (QED) is 0.879. The second-order valence-electron chi connectivity index (χ2n) is 6.05. The van der Waals surface area contributed by atoms with Crippen molar-refractivity contribution >= 4 is 17.3 Å². The number of hydrogen-bond acceptors (Lipinski definition) is 4. The van der Waals surface area contributed by atoms with Gasteiger partial charge in [0, 0.05) is 19.8 Å². The van der Waals surface area contributed by atoms with E-state index in [1.807, 2.05) is 32.0 Å². The highest BCUT2D eigenvalue weighted by molar-refractivity contribution is 6.01. The summed E-state index contributed by atoms with van der Waals surface area (Å²) in [6.45, 7) is 5.87. The maximum absolute atomic E-state index is 12.7. The Morgan fingerprint density at radius 2 is 2.05 bits per heavy atom. The molecule has 0 aromatic heterocycles. The first-order valence-electron chi connectivity index (χ1n) is 7.53. The first-order chi connectivity index (χ1) is 10.1. The van der Waals surface area contributed by atoms with E-state index in [1.54, 1.807) is 0 Å². The summed E-state index contributed by atoms with van der Waals surface area (Å²) in [4.78, 5) is 12.7. The molecule has 2 aliphatic heterocycles. The molecule has 3 rings (SSSR count). The van der Waals surface area contributed by atoms with Gasteiger partial charge in [-0.05, 0) is 38.8 Å². The van der Waals surface area contributed by atoms with Crippen molar-refractivity contribution in [2.45, 2.75) is 32.8 Å². The Labute approximate surface area is 125 Å². The van der Waals surface area contributed by atoms with E-state index in [0.29, 0.717) is 25.5 Å². The summed E-state index contributed by atoms with van der Waals surface area (Å²) < 4.78 is 11.2. The van der Waals surface area contributed by atoms with Crippen molar-refractivity contribution in [2.24, 2.45) is 5.41 Å². The van der Waals surface area contributed by atoms with Crippen molar-refractivity contribution in [3.8, 4) is 5.75 Å². The predicted octanol–water partition coefficient (Wildman–Crippen LogP) is 2.63. The molecule has 1 spiro atoms. The molecule has 0 saturated carbocycles. The molecule has 0 aliphatic carbocycles. The van der Waals surface area contributed by atoms with E-state index in [9.17, 15) is 4.79 Å². The van der Waals surface area contributed by atoms with Crippen LogP contribution >= 0.6 is 0 Å². The monoisotopic (exact) mass is 290 g/mol. The fourth-order valence-corrected chi connectivity index (χ4v) is 2.92. The molecule has 21 heavy (non-hydrogen) atoms. The van der Waals surface area contributed by atoms with Crippen molar-refractivity contribution in [3.63, 3.8) is 0 Å². The summed E-state index contributed by atoms with van der Waals surface area (Å²) in [6.07, 6.45) is 1.56. The van der Waals surface area contributed by atoms with E-state index in [1.165, 1.54) is 0 Å². The zero-order valence-electron chi connectivity index (χ0n) is 12.6. The fraction of sp³-hybridized carbons (Fsp3) is 0.562. The Balaban J connectivity index is 1.91. The van der Waals surface area contributed by atoms with Gasteiger partial charge in [-0.2, -0.15) is 0 Å². The number of rotatable bonds is 2. The van der Waals surface area contributed by atoms with E-state index >= 15 is 0 Å². The molecule has 1 amide bonds. The van der Waals surface area contributed by atoms with E-state index in [0.717, 1.165) is 24.2 Å². The zero-order chi connectivity index (χ0) is 14.9. The molecule has 0 radical (unpaired) electrons. The van der Waals surface area contributed by atoms with Gasteiger partial charge in [-0.15, -0.1) is 0 Å². The summed E-state index contributed by atoms with van der Waals surface area (Å²) >= 11 is 0. The Morgan fingerprint density at radius 1 is 1.29 bits per heavy atom. The minimum absolute atomic E-state index is 0.0636. The Morgan fingerprint density at radius 3 is 2.76 bits per heavy atom. The van der Waals surface area contributed by atoms with Gasteiger partial charge in [0.05, 0.1) is 17.2 Å². The molecule has 114 valence electrons. The molecular weight excluding hydrogens is 268 g/mol. The molecule has 1 aromatic rings. The lowest BCUT2D eigenvalue weighted by Gasteiger charge is -2.34. The maximum Gasteiger partial charge on any atom is 0.232 e. The molecule has 2 N–H and O–H groups in total. The van der Waals surface area contributed by atoms with Gasteiger partial charge in [-0.3, -0.25) is 4.79 Å². The third-order valence-corrected chi connectivity index (χ3v) is 4.18. The first kappa shape index (κ1) is 14.2. The predicted molar refractivity (Wildman–Crippen MR) is 81.8 cm³/mol. The summed E-state index contributed by atoms with van der Waals surface area (Å²) in [5, 5.41) is 6.49. The minimum atomic E-state index is -0.383. The summed E-state index contributed by atoms with van der Waals surface area (Å²) in [5.74, 6) is 0.782. The second-order valence-corrected chi connectivity index (χ2v) is 6.05. The van der Waals surface area contributed by atoms with Gasteiger partial charge >= 0.3 is 0 Å². The average Bonchev–Trinajstić information content (AvgIpc) is 2.59. The number of hydrogen-bond donors (Lipinski definition) is 2. The lowest BCUT2D eigenvalue weighted by atomic mass is 9.79. The minimum Gasteiger partial charge on any atom is -0.489 e. The highest BCUT2D eigenvalue weighted by Gasteiger charge is 2.42. The van der Waals surface area contributed by atoms with Crippen LogP contribution in [0, 0.1) is 5.41 Å². The van der Waals surface area contributed by atoms with Crippen LogP contribution in [-0.2, 0) is 9.53 Å². The Kier molecular flexibility index (Phi) is 3.76. The molecule has 0 atom stereocenters. The van der Waals surface area contributed by atoms with Gasteiger partial charge in [0.2, 0.25) is 5.91 Å². The third kappa shape index (κ3) is 2.70. The summed E-state index contributed by atoms with van der Waals surface area (Å²) in [5.41, 5.74) is 1.29. The topological polar surface area (TPSA) is 59.6 Å². The molecule has 1 fully saturated rings. The van der Waals surface area contributed by atoms with Crippen LogP contribution < -0.4 is 15.4 Å². The van der Waals surface area contributed by atoms with Crippen LogP contribution in [0.1, 0.15) is 26.7 Å². The number of carbonyl (C=O) groups excluding carboxylic acids is 1. The molecule has 1 aromatic carbocycles. The molecular formula is C16H22N2O3. The number of benzene rings is 1. The summed E-state index contributed by atoms with van der Waals surface area (Å²) in [7, 11) is 0. The fourth-order valence-electron chi connectivity index (χ4n) is 2.92. The van der Waals surface area contributed by atoms with Gasteiger partial charge in [-0.25, -0.2) is 0 Å². The molecule has 2 aliphatic rings. The van der Waals surface area contributed by atoms with Gasteiger partial charge in [-0.1, -0.05) is 6.07 Å². The zero-order valence-corrected chi connectivity index (χ0v) is 12.6.